The van der Waals surface area contributed by atoms with Gasteiger partial charge in [-0.25, -0.2) is 0 Å². The van der Waals surface area contributed by atoms with E-state index in [2.05, 4.69) is 0 Å². The third-order valence-electron chi connectivity index (χ3n) is 0.408. The fraction of sp³-hybridized carbons (Fsp3) is 1.00. The van der Waals surface area contributed by atoms with E-state index in [-0.39, 0.29) is 17.1 Å². The standard InChI is InChI=1S/C3H10N2.Fe/c4-2-1-3-5;/h1-5H2;/q;+3. The molecular formula is C3H10FeN2+3. The Bertz CT molecular complexity index is 16.3. The van der Waals surface area contributed by atoms with Crippen molar-refractivity contribution in [2.24, 2.45) is 11.5 Å². The molecule has 3 heteroatoms. The molecular weight excluding hydrogens is 120 g/mol. The summed E-state index contributed by atoms with van der Waals surface area (Å²) in [5, 5.41) is 0. The summed E-state index contributed by atoms with van der Waals surface area (Å²) in [4.78, 5) is 0. The van der Waals surface area contributed by atoms with Crippen molar-refractivity contribution >= 4 is 0 Å². The van der Waals surface area contributed by atoms with Crippen LogP contribution in [-0.4, -0.2) is 13.1 Å². The molecule has 0 aromatic rings. The van der Waals surface area contributed by atoms with E-state index in [1.807, 2.05) is 0 Å². The minimum atomic E-state index is 0. The van der Waals surface area contributed by atoms with Crippen molar-refractivity contribution in [3.8, 4) is 0 Å². The van der Waals surface area contributed by atoms with Gasteiger partial charge in [0.2, 0.25) is 0 Å². The molecule has 0 aromatic carbocycles. The summed E-state index contributed by atoms with van der Waals surface area (Å²) in [6.07, 6.45) is 0.944. The van der Waals surface area contributed by atoms with Crippen molar-refractivity contribution < 1.29 is 17.1 Å². The van der Waals surface area contributed by atoms with Gasteiger partial charge in [0, 0.05) is 0 Å². The van der Waals surface area contributed by atoms with Gasteiger partial charge in [0.05, 0.1) is 0 Å². The zero-order chi connectivity index (χ0) is 4.12. The molecule has 0 rings (SSSR count). The molecule has 0 heterocycles. The summed E-state index contributed by atoms with van der Waals surface area (Å²) >= 11 is 0. The topological polar surface area (TPSA) is 52.0 Å². The van der Waals surface area contributed by atoms with E-state index in [4.69, 9.17) is 11.5 Å². The number of hydrogen-bond donors (Lipinski definition) is 2. The van der Waals surface area contributed by atoms with Crippen LogP contribution in [0.1, 0.15) is 6.42 Å². The second-order valence-corrected chi connectivity index (χ2v) is 0.931. The Morgan fingerprint density at radius 1 is 1.00 bits per heavy atom. The first-order chi connectivity index (χ1) is 2.41. The van der Waals surface area contributed by atoms with Crippen molar-refractivity contribution in [2.75, 3.05) is 13.1 Å². The van der Waals surface area contributed by atoms with Crippen LogP contribution in [0, 0.1) is 0 Å². The first kappa shape index (κ1) is 9.67. The van der Waals surface area contributed by atoms with Crippen LogP contribution in [-0.2, 0) is 17.1 Å². The van der Waals surface area contributed by atoms with Gasteiger partial charge in [0.25, 0.3) is 0 Å². The first-order valence-electron chi connectivity index (χ1n) is 1.82. The smallest absolute Gasteiger partial charge is 0.330 e. The quantitative estimate of drug-likeness (QED) is 0.485. The van der Waals surface area contributed by atoms with Crippen LogP contribution in [0.25, 0.3) is 0 Å². The van der Waals surface area contributed by atoms with Crippen LogP contribution in [0.5, 0.6) is 0 Å². The second kappa shape index (κ2) is 9.06. The van der Waals surface area contributed by atoms with Crippen LogP contribution < -0.4 is 11.5 Å². The average molecular weight is 130 g/mol. The zero-order valence-electron chi connectivity index (χ0n) is 3.63. The summed E-state index contributed by atoms with van der Waals surface area (Å²) in [6, 6.07) is 0. The van der Waals surface area contributed by atoms with E-state index in [0.717, 1.165) is 19.5 Å². The summed E-state index contributed by atoms with van der Waals surface area (Å²) < 4.78 is 0. The SMILES string of the molecule is NCCCN.[Fe+3]. The Labute approximate surface area is 48.7 Å². The van der Waals surface area contributed by atoms with Gasteiger partial charge in [-0.1, -0.05) is 0 Å². The van der Waals surface area contributed by atoms with Gasteiger partial charge in [-0.2, -0.15) is 0 Å². The van der Waals surface area contributed by atoms with Gasteiger partial charge in [-0.05, 0) is 19.5 Å². The van der Waals surface area contributed by atoms with Crippen molar-refractivity contribution in [1.82, 2.24) is 0 Å². The van der Waals surface area contributed by atoms with Crippen LogP contribution in [0.4, 0.5) is 0 Å². The minimum Gasteiger partial charge on any atom is -0.330 e. The maximum absolute atomic E-state index is 5.06. The summed E-state index contributed by atoms with van der Waals surface area (Å²) in [5.41, 5.74) is 10.1. The maximum Gasteiger partial charge on any atom is 3.00 e. The van der Waals surface area contributed by atoms with E-state index in [1.54, 1.807) is 0 Å². The van der Waals surface area contributed by atoms with Gasteiger partial charge in [-0.3, -0.25) is 0 Å². The molecule has 0 saturated carbocycles. The Morgan fingerprint density at radius 3 is 1.33 bits per heavy atom. The summed E-state index contributed by atoms with van der Waals surface area (Å²) in [7, 11) is 0. The minimum absolute atomic E-state index is 0. The second-order valence-electron chi connectivity index (χ2n) is 0.931. The van der Waals surface area contributed by atoms with Gasteiger partial charge in [0.1, 0.15) is 0 Å². The first-order valence-corrected chi connectivity index (χ1v) is 1.82. The maximum atomic E-state index is 5.06. The summed E-state index contributed by atoms with van der Waals surface area (Å²) in [6.45, 7) is 1.44. The Kier molecular flexibility index (Phi) is 14.6. The third kappa shape index (κ3) is 8.83. The fourth-order valence-electron chi connectivity index (χ4n) is 0.118. The van der Waals surface area contributed by atoms with Crippen LogP contribution in [0.15, 0.2) is 0 Å². The molecule has 0 unspecified atom stereocenters. The third-order valence-corrected chi connectivity index (χ3v) is 0.408. The van der Waals surface area contributed by atoms with Crippen LogP contribution >= 0.6 is 0 Å². The predicted molar refractivity (Wildman–Crippen MR) is 22.7 cm³/mol. The molecule has 0 bridgehead atoms. The molecule has 0 amide bonds. The Morgan fingerprint density at radius 2 is 1.33 bits per heavy atom. The number of rotatable bonds is 2. The molecule has 2 nitrogen and oxygen atoms in total. The molecule has 0 fully saturated rings. The zero-order valence-corrected chi connectivity index (χ0v) is 4.73. The number of nitrogens with two attached hydrogens (primary N) is 2. The molecule has 0 aromatic heterocycles. The Hall–Kier alpha value is 0.439. The van der Waals surface area contributed by atoms with E-state index >= 15 is 0 Å². The van der Waals surface area contributed by atoms with Crippen molar-refractivity contribution in [1.29, 1.82) is 0 Å². The molecule has 0 atom stereocenters. The molecule has 0 aliphatic heterocycles. The van der Waals surface area contributed by atoms with Crippen molar-refractivity contribution in [2.45, 2.75) is 6.42 Å². The molecule has 0 aliphatic carbocycles. The van der Waals surface area contributed by atoms with E-state index in [1.165, 1.54) is 0 Å². The molecule has 0 aliphatic rings. The van der Waals surface area contributed by atoms with Crippen LogP contribution in [0.3, 0.4) is 0 Å². The van der Waals surface area contributed by atoms with Gasteiger partial charge in [0.15, 0.2) is 0 Å². The molecule has 0 spiro atoms. The van der Waals surface area contributed by atoms with Crippen molar-refractivity contribution in [3.63, 3.8) is 0 Å². The van der Waals surface area contributed by atoms with Gasteiger partial charge < -0.3 is 11.5 Å². The molecule has 37 valence electrons. The van der Waals surface area contributed by atoms with Gasteiger partial charge >= 0.3 is 17.1 Å². The van der Waals surface area contributed by atoms with E-state index in [0.29, 0.717) is 0 Å². The van der Waals surface area contributed by atoms with E-state index in [9.17, 15) is 0 Å². The fourth-order valence-corrected chi connectivity index (χ4v) is 0.118. The predicted octanol–water partition coefficient (Wildman–Crippen LogP) is -0.709. The molecule has 0 saturated heterocycles. The van der Waals surface area contributed by atoms with Gasteiger partial charge in [-0.15, -0.1) is 0 Å². The average Bonchev–Trinajstić information content (AvgIpc) is 1.41. The Balaban J connectivity index is 0. The van der Waals surface area contributed by atoms with Crippen LogP contribution in [0.2, 0.25) is 0 Å². The molecule has 1 radical (unpaired) electrons. The molecule has 4 N–H and O–H groups in total. The molecule has 6 heavy (non-hydrogen) atoms. The van der Waals surface area contributed by atoms with Crippen molar-refractivity contribution in [3.05, 3.63) is 0 Å². The monoisotopic (exact) mass is 130 g/mol. The normalized spacial score (nSPS) is 7.00. The number of hydrogen-bond acceptors (Lipinski definition) is 2. The van der Waals surface area contributed by atoms with E-state index < -0.39 is 0 Å². The largest absolute Gasteiger partial charge is 3.00 e. The summed E-state index contributed by atoms with van der Waals surface area (Å²) in [5.74, 6) is 0.